The number of aromatic nitrogens is 3. The van der Waals surface area contributed by atoms with Crippen molar-refractivity contribution in [2.24, 2.45) is 0 Å². The van der Waals surface area contributed by atoms with Crippen molar-refractivity contribution in [3.05, 3.63) is 165 Å². The van der Waals surface area contributed by atoms with E-state index < -0.39 is 124 Å². The third kappa shape index (κ3) is 17.3. The minimum Gasteiger partial charge on any atom is -0.372 e. The molecule has 0 spiro atoms. The summed E-state index contributed by atoms with van der Waals surface area (Å²) < 4.78 is 251. The van der Waals surface area contributed by atoms with E-state index in [2.05, 4.69) is 15.0 Å². The van der Waals surface area contributed by atoms with E-state index in [9.17, 15) is 73.2 Å². The van der Waals surface area contributed by atoms with Gasteiger partial charge in [0.15, 0.2) is 39.3 Å². The van der Waals surface area contributed by atoms with E-state index in [0.717, 1.165) is 53.0 Å². The second-order valence-corrected chi connectivity index (χ2v) is 33.4. The monoisotopic (exact) mass is 1420 g/mol. The van der Waals surface area contributed by atoms with E-state index in [1.54, 1.807) is 94.6 Å². The summed E-state index contributed by atoms with van der Waals surface area (Å²) in [7, 11) is -15.3. The average molecular weight is 1420 g/mol. The van der Waals surface area contributed by atoms with Gasteiger partial charge in [-0.2, -0.15) is 47.9 Å². The molecule has 6 atom stereocenters. The molecule has 3 aromatic heterocycles. The number of sulfone groups is 4. The highest BCUT2D eigenvalue weighted by molar-refractivity contribution is 7.98. The van der Waals surface area contributed by atoms with Gasteiger partial charge < -0.3 is 14.2 Å². The maximum Gasteiger partial charge on any atom is 0.417 e. The van der Waals surface area contributed by atoms with Gasteiger partial charge in [-0.25, -0.2) is 33.7 Å². The Morgan fingerprint density at radius 3 is 1.12 bits per heavy atom. The van der Waals surface area contributed by atoms with Gasteiger partial charge in [-0.15, -0.1) is 11.8 Å². The Morgan fingerprint density at radius 1 is 0.495 bits per heavy atom. The van der Waals surface area contributed by atoms with Crippen molar-refractivity contribution < 1.29 is 95.8 Å². The van der Waals surface area contributed by atoms with Gasteiger partial charge >= 0.3 is 30.1 Å². The van der Waals surface area contributed by atoms with Crippen molar-refractivity contribution in [3.63, 3.8) is 0 Å². The topological polar surface area (TPSA) is 237 Å². The van der Waals surface area contributed by atoms with Crippen LogP contribution in [0.2, 0.25) is 5.02 Å². The van der Waals surface area contributed by atoms with Gasteiger partial charge in [0, 0.05) is 49.6 Å². The molecule has 0 amide bonds. The highest BCUT2D eigenvalue weighted by atomic mass is 35.5. The number of hydrogen-bond donors (Lipinski definition) is 0. The Morgan fingerprint density at radius 2 is 0.802 bits per heavy atom. The predicted molar refractivity (Wildman–Crippen MR) is 321 cm³/mol. The molecule has 3 aromatic carbocycles. The van der Waals surface area contributed by atoms with Crippen LogP contribution in [0, 0.1) is 20.8 Å². The highest BCUT2D eigenvalue weighted by Crippen LogP contribution is 2.48. The maximum atomic E-state index is 13.4. The van der Waals surface area contributed by atoms with E-state index in [0.29, 0.717) is 35.5 Å². The lowest BCUT2D eigenvalue weighted by molar-refractivity contribution is -0.138. The van der Waals surface area contributed by atoms with Gasteiger partial charge in [-0.3, -0.25) is 15.0 Å². The van der Waals surface area contributed by atoms with E-state index in [1.165, 1.54) is 13.0 Å². The van der Waals surface area contributed by atoms with Crippen LogP contribution >= 0.6 is 23.4 Å². The molecular weight excluding hydrogens is 1360 g/mol. The Labute approximate surface area is 534 Å². The van der Waals surface area contributed by atoms with Gasteiger partial charge in [-0.05, 0) is 158 Å². The molecule has 0 aliphatic carbocycles. The normalized spacial score (nSPS) is 22.6. The molecule has 9 rings (SSSR count). The summed E-state index contributed by atoms with van der Waals surface area (Å²) in [5, 5.41) is -0.197. The van der Waals surface area contributed by atoms with Crippen LogP contribution < -0.4 is 0 Å². The Balaban J connectivity index is 0.000000212. The molecule has 6 unspecified atom stereocenters. The molecule has 91 heavy (non-hydrogen) atoms. The third-order valence-corrected chi connectivity index (χ3v) is 25.5. The molecule has 3 fully saturated rings. The summed E-state index contributed by atoms with van der Waals surface area (Å²) >= 11 is 6.41. The molecule has 16 nitrogen and oxygen atoms in total. The predicted octanol–water partition coefficient (Wildman–Crippen LogP) is 13.6. The van der Waals surface area contributed by atoms with Crippen LogP contribution in [0.1, 0.15) is 128 Å². The lowest BCUT2D eigenvalue weighted by Gasteiger charge is -2.38. The first-order valence-electron chi connectivity index (χ1n) is 27.3. The quantitative estimate of drug-likeness (QED) is 0.0865. The minimum atomic E-state index is -4.78. The second kappa shape index (κ2) is 28.7. The molecule has 0 radical (unpaired) electrons. The number of aryl methyl sites for hydroxylation is 3. The van der Waals surface area contributed by atoms with Crippen LogP contribution in [0.5, 0.6) is 0 Å². The highest BCUT2D eigenvalue weighted by Gasteiger charge is 2.49. The number of alkyl halides is 9. The summed E-state index contributed by atoms with van der Waals surface area (Å²) in [5.41, 5.74) is -0.353. The minimum absolute atomic E-state index is 0.0158. The van der Waals surface area contributed by atoms with Crippen LogP contribution in [0.4, 0.5) is 39.5 Å². The number of pyridine rings is 3. The zero-order valence-corrected chi connectivity index (χ0v) is 55.5. The van der Waals surface area contributed by atoms with Gasteiger partial charge in [0.2, 0.25) is 0 Å². The summed E-state index contributed by atoms with van der Waals surface area (Å²) in [6, 6.07) is 22.1. The van der Waals surface area contributed by atoms with E-state index >= 15 is 0 Å². The fourth-order valence-corrected chi connectivity index (χ4v) is 17.9. The molecule has 32 heteroatoms. The first-order chi connectivity index (χ1) is 42.0. The fraction of sp³-hybridized carbons (Fsp3) is 0.441. The summed E-state index contributed by atoms with van der Waals surface area (Å²) in [5.74, 6) is 0. The number of benzene rings is 3. The molecule has 498 valence electrons. The average Bonchev–Trinajstić information content (AvgIpc) is 0.781. The molecule has 3 aliphatic rings. The number of nitrogens with zero attached hydrogens (tertiary/aromatic N) is 3. The molecule has 0 bridgehead atoms. The SMILES string of the molecule is CSc1cc(C(F)(F)F)cnc1C1CC(C)(S(=O)(=O)c2cccc(C)c2)CCO1.Cc1cccc(S(=O)(=O)C2(C)CCOC(c3ncc(C(F)(F)F)cc3Cl)C2)c1.Cc1cccc(S(=O)(=O)C2(C)CCOC(c3ncc(C(F)(F)F)cc3S(C)(=O)=O)C2)c1.O=S=O. The van der Waals surface area contributed by atoms with Gasteiger partial charge in [0.05, 0.1) is 72.6 Å². The Bertz CT molecular complexity index is 4140. The first-order valence-corrected chi connectivity index (χ1v) is 35.9. The largest absolute Gasteiger partial charge is 0.417 e. The zero-order valence-electron chi connectivity index (χ0n) is 49.9. The van der Waals surface area contributed by atoms with Crippen molar-refractivity contribution in [2.45, 2.75) is 156 Å². The lowest BCUT2D eigenvalue weighted by atomic mass is 9.94. The Hall–Kier alpha value is -5.38. The molecule has 6 aromatic rings. The van der Waals surface area contributed by atoms with Crippen LogP contribution in [-0.4, -0.2) is 104 Å². The summed E-state index contributed by atoms with van der Waals surface area (Å²) in [4.78, 5) is 11.9. The molecule has 6 heterocycles. The molecule has 3 saturated heterocycles. The third-order valence-electron chi connectivity index (χ3n) is 15.7. The van der Waals surface area contributed by atoms with Crippen molar-refractivity contribution >= 4 is 74.3 Å². The first kappa shape index (κ1) is 74.7. The number of halogens is 10. The van der Waals surface area contributed by atoms with E-state index in [1.807, 2.05) is 13.0 Å². The maximum absolute atomic E-state index is 13.4. The van der Waals surface area contributed by atoms with Gasteiger partial charge in [0.1, 0.15) is 18.3 Å². The van der Waals surface area contributed by atoms with Gasteiger partial charge in [-0.1, -0.05) is 48.0 Å². The van der Waals surface area contributed by atoms with Gasteiger partial charge in [0.25, 0.3) is 0 Å². The van der Waals surface area contributed by atoms with Crippen LogP contribution in [-0.2, 0) is 83.7 Å². The van der Waals surface area contributed by atoms with E-state index in [-0.39, 0.29) is 83.0 Å². The second-order valence-electron chi connectivity index (χ2n) is 22.6. The van der Waals surface area contributed by atoms with Crippen molar-refractivity contribution in [1.29, 1.82) is 0 Å². The van der Waals surface area contributed by atoms with Crippen LogP contribution in [0.15, 0.2) is 134 Å². The van der Waals surface area contributed by atoms with E-state index in [4.69, 9.17) is 34.2 Å². The summed E-state index contributed by atoms with van der Waals surface area (Å²) in [6.07, 6.45) is -11.3. The lowest BCUT2D eigenvalue weighted by Crippen LogP contribution is -2.42. The number of rotatable bonds is 11. The van der Waals surface area contributed by atoms with Crippen molar-refractivity contribution in [3.8, 4) is 0 Å². The standard InChI is InChI=1S/C20H22F3NO5S2.C20H22F3NO3S2.C19H19ClF3NO3S.O2S/c1-13-5-4-6-15(9-13)31(27,28)19(2)7-8-29-16(11-19)18-17(30(3,25)26)10-14(12-24-18)20(21,22)23;1-13-5-4-6-15(9-13)29(25,26)19(2)7-8-27-16(11-19)18-17(28-3)10-14(12-24-18)20(21,22)23;1-12-4-3-5-14(8-12)28(25,26)18(2)6-7-27-16(10-18)17-15(20)9-13(11-24-17)19(21,22)23;1-3-2/h4-6,9-10,12,16H,7-8,11H2,1-3H3;4-6,9-10,12,16H,7-8,11H2,1-3H3;3-5,8-9,11,16H,6-7,10H2,1-2H3;. The molecular formula is C59H63ClF9N3O13S6. The molecule has 0 saturated carbocycles. The van der Waals surface area contributed by atoms with Crippen molar-refractivity contribution in [1.82, 2.24) is 15.0 Å². The van der Waals surface area contributed by atoms with Crippen LogP contribution in [0.3, 0.4) is 0 Å². The number of thioether (sulfide) groups is 1. The van der Waals surface area contributed by atoms with Crippen molar-refractivity contribution in [2.75, 3.05) is 32.3 Å². The Kier molecular flexibility index (Phi) is 23.5. The smallest absolute Gasteiger partial charge is 0.372 e. The molecule has 0 N–H and O–H groups in total. The molecule has 3 aliphatic heterocycles. The fourth-order valence-electron chi connectivity index (χ4n) is 10.4. The van der Waals surface area contributed by atoms with Crippen LogP contribution in [0.25, 0.3) is 0 Å². The number of hydrogen-bond acceptors (Lipinski definition) is 17. The zero-order chi connectivity index (χ0) is 68.1. The summed E-state index contributed by atoms with van der Waals surface area (Å²) in [6.45, 7) is 10.5. The number of ether oxygens (including phenoxy) is 3.